The average Bonchev–Trinajstić information content (AvgIpc) is 3.04. The van der Waals surface area contributed by atoms with E-state index in [0.717, 1.165) is 12.8 Å². The lowest BCUT2D eigenvalue weighted by atomic mass is 10.1. The van der Waals surface area contributed by atoms with E-state index >= 15 is 0 Å². The molecule has 0 unspecified atom stereocenters. The molecule has 0 bridgehead atoms. The van der Waals surface area contributed by atoms with Gasteiger partial charge in [-0.05, 0) is 32.1 Å². The molecule has 0 aromatic rings. The first-order valence-corrected chi connectivity index (χ1v) is 9.98. The van der Waals surface area contributed by atoms with Crippen molar-refractivity contribution in [2.75, 3.05) is 0 Å². The standard InChI is InChI=1S/C22H34O6/c1-2-18(24)21-16-19(25)20(28-21)15-14-17(23)12-10-8-6-4-3-5-7-9-11-13-22(26)27/h3-4,7-10,14-15,17-21,23-25H,2,5-6,11-13,16H2,1H3,(H,26,27)/b4-3-,9-7-,10-8-,15-14+/t17-,18+,19+,20+,21+/m1/s1. The van der Waals surface area contributed by atoms with Crippen LogP contribution in [0.15, 0.2) is 48.6 Å². The Kier molecular flexibility index (Phi) is 12.4. The van der Waals surface area contributed by atoms with Crippen molar-refractivity contribution in [2.45, 2.75) is 82.4 Å². The number of ether oxygens (including phenoxy) is 1. The third-order valence-electron chi connectivity index (χ3n) is 4.50. The molecule has 0 aromatic carbocycles. The second-order valence-electron chi connectivity index (χ2n) is 6.92. The molecule has 0 spiro atoms. The van der Waals surface area contributed by atoms with Crippen LogP contribution >= 0.6 is 0 Å². The number of hydrogen-bond donors (Lipinski definition) is 4. The van der Waals surface area contributed by atoms with Crippen LogP contribution in [0.3, 0.4) is 0 Å². The summed E-state index contributed by atoms with van der Waals surface area (Å²) in [7, 11) is 0. The number of carbonyl (C=O) groups is 1. The van der Waals surface area contributed by atoms with Gasteiger partial charge in [0.15, 0.2) is 0 Å². The molecule has 158 valence electrons. The maximum atomic E-state index is 10.3. The molecule has 0 saturated carbocycles. The molecule has 6 nitrogen and oxygen atoms in total. The Morgan fingerprint density at radius 3 is 2.39 bits per heavy atom. The van der Waals surface area contributed by atoms with Gasteiger partial charge in [0.05, 0.1) is 24.4 Å². The minimum absolute atomic E-state index is 0.160. The van der Waals surface area contributed by atoms with Gasteiger partial charge in [-0.25, -0.2) is 0 Å². The Morgan fingerprint density at radius 1 is 1.11 bits per heavy atom. The van der Waals surface area contributed by atoms with Gasteiger partial charge in [-0.2, -0.15) is 0 Å². The minimum Gasteiger partial charge on any atom is -0.481 e. The normalized spacial score (nSPS) is 25.5. The summed E-state index contributed by atoms with van der Waals surface area (Å²) < 4.78 is 5.63. The second kappa shape index (κ2) is 14.3. The summed E-state index contributed by atoms with van der Waals surface area (Å²) in [6.45, 7) is 1.87. The van der Waals surface area contributed by atoms with Crippen LogP contribution in [-0.4, -0.2) is 56.9 Å². The maximum Gasteiger partial charge on any atom is 0.303 e. The van der Waals surface area contributed by atoms with Crippen molar-refractivity contribution in [3.05, 3.63) is 48.6 Å². The van der Waals surface area contributed by atoms with Gasteiger partial charge in [-0.3, -0.25) is 4.79 Å². The van der Waals surface area contributed by atoms with E-state index in [9.17, 15) is 20.1 Å². The van der Waals surface area contributed by atoms with Crippen molar-refractivity contribution >= 4 is 5.97 Å². The van der Waals surface area contributed by atoms with E-state index in [1.807, 2.05) is 43.4 Å². The third-order valence-corrected chi connectivity index (χ3v) is 4.50. The molecule has 1 saturated heterocycles. The average molecular weight is 395 g/mol. The summed E-state index contributed by atoms with van der Waals surface area (Å²) in [4.78, 5) is 10.3. The third kappa shape index (κ3) is 10.6. The Morgan fingerprint density at radius 2 is 1.75 bits per heavy atom. The lowest BCUT2D eigenvalue weighted by molar-refractivity contribution is -0.136. The molecule has 0 radical (unpaired) electrons. The van der Waals surface area contributed by atoms with E-state index in [1.54, 1.807) is 12.2 Å². The van der Waals surface area contributed by atoms with Crippen LogP contribution in [0.25, 0.3) is 0 Å². The highest BCUT2D eigenvalue weighted by Crippen LogP contribution is 2.25. The molecule has 1 fully saturated rings. The fourth-order valence-corrected chi connectivity index (χ4v) is 2.82. The van der Waals surface area contributed by atoms with Crippen LogP contribution < -0.4 is 0 Å². The van der Waals surface area contributed by atoms with E-state index in [2.05, 4.69) is 0 Å². The Labute approximate surface area is 167 Å². The van der Waals surface area contributed by atoms with E-state index < -0.39 is 30.4 Å². The highest BCUT2D eigenvalue weighted by Gasteiger charge is 2.35. The first-order chi connectivity index (χ1) is 13.4. The number of carboxylic acid groups (broad SMARTS) is 1. The Bertz CT molecular complexity index is 551. The van der Waals surface area contributed by atoms with Gasteiger partial charge in [0, 0.05) is 12.8 Å². The molecule has 0 aliphatic carbocycles. The largest absolute Gasteiger partial charge is 0.481 e. The fraction of sp³-hybridized carbons (Fsp3) is 0.591. The SMILES string of the molecule is CC[C@H](O)[C@@H]1C[C@H](O)[C@H](/C=C/[C@H](O)C/C=C\C/C=C\C/C=C\CCC(=O)O)O1. The molecule has 1 rings (SSSR count). The molecule has 28 heavy (non-hydrogen) atoms. The van der Waals surface area contributed by atoms with Crippen LogP contribution in [0.4, 0.5) is 0 Å². The van der Waals surface area contributed by atoms with Crippen LogP contribution in [0.1, 0.15) is 51.9 Å². The molecular formula is C22H34O6. The Hall–Kier alpha value is -1.73. The van der Waals surface area contributed by atoms with Gasteiger partial charge < -0.3 is 25.2 Å². The summed E-state index contributed by atoms with van der Waals surface area (Å²) in [6.07, 6.45) is 16.0. The number of allylic oxidation sites excluding steroid dienone is 5. The second-order valence-corrected chi connectivity index (χ2v) is 6.92. The zero-order chi connectivity index (χ0) is 20.8. The van der Waals surface area contributed by atoms with Gasteiger partial charge in [0.25, 0.3) is 0 Å². The number of rotatable bonds is 13. The summed E-state index contributed by atoms with van der Waals surface area (Å²) in [6, 6.07) is 0. The quantitative estimate of drug-likeness (QED) is 0.358. The van der Waals surface area contributed by atoms with Gasteiger partial charge in [-0.1, -0.05) is 55.5 Å². The zero-order valence-electron chi connectivity index (χ0n) is 16.6. The Balaban J connectivity index is 2.18. The van der Waals surface area contributed by atoms with Crippen LogP contribution in [0.2, 0.25) is 0 Å². The van der Waals surface area contributed by atoms with Gasteiger partial charge >= 0.3 is 5.97 Å². The number of aliphatic carboxylic acids is 1. The van der Waals surface area contributed by atoms with Crippen molar-refractivity contribution in [3.63, 3.8) is 0 Å². The molecule has 0 amide bonds. The van der Waals surface area contributed by atoms with E-state index in [4.69, 9.17) is 9.84 Å². The lowest BCUT2D eigenvalue weighted by Gasteiger charge is -2.16. The summed E-state index contributed by atoms with van der Waals surface area (Å²) in [5.41, 5.74) is 0. The van der Waals surface area contributed by atoms with Crippen molar-refractivity contribution in [3.8, 4) is 0 Å². The predicted molar refractivity (Wildman–Crippen MR) is 109 cm³/mol. The number of hydrogen-bond acceptors (Lipinski definition) is 5. The van der Waals surface area contributed by atoms with E-state index in [1.165, 1.54) is 0 Å². The van der Waals surface area contributed by atoms with Crippen LogP contribution in [-0.2, 0) is 9.53 Å². The summed E-state index contributed by atoms with van der Waals surface area (Å²) in [5.74, 6) is -0.784. The first-order valence-electron chi connectivity index (χ1n) is 9.98. The van der Waals surface area contributed by atoms with Crippen molar-refractivity contribution in [1.29, 1.82) is 0 Å². The summed E-state index contributed by atoms with van der Waals surface area (Å²) >= 11 is 0. The molecule has 1 aliphatic rings. The molecule has 1 heterocycles. The van der Waals surface area contributed by atoms with Gasteiger partial charge in [-0.15, -0.1) is 0 Å². The zero-order valence-corrected chi connectivity index (χ0v) is 16.6. The maximum absolute atomic E-state index is 10.3. The fourth-order valence-electron chi connectivity index (χ4n) is 2.82. The van der Waals surface area contributed by atoms with Crippen molar-refractivity contribution in [1.82, 2.24) is 0 Å². The molecule has 6 heteroatoms. The van der Waals surface area contributed by atoms with Crippen molar-refractivity contribution < 1.29 is 30.0 Å². The predicted octanol–water partition coefficient (Wildman–Crippen LogP) is 2.90. The topological polar surface area (TPSA) is 107 Å². The molecular weight excluding hydrogens is 360 g/mol. The number of carboxylic acids is 1. The van der Waals surface area contributed by atoms with Crippen LogP contribution in [0, 0.1) is 0 Å². The highest BCUT2D eigenvalue weighted by atomic mass is 16.5. The smallest absolute Gasteiger partial charge is 0.303 e. The molecule has 1 aliphatic heterocycles. The minimum atomic E-state index is -0.784. The number of aliphatic hydroxyl groups excluding tert-OH is 3. The monoisotopic (exact) mass is 394 g/mol. The van der Waals surface area contributed by atoms with E-state index in [0.29, 0.717) is 25.7 Å². The lowest BCUT2D eigenvalue weighted by Crippen LogP contribution is -2.25. The molecule has 0 aromatic heterocycles. The van der Waals surface area contributed by atoms with Crippen molar-refractivity contribution in [2.24, 2.45) is 0 Å². The first kappa shape index (κ1) is 24.3. The number of aliphatic hydroxyl groups is 3. The van der Waals surface area contributed by atoms with Gasteiger partial charge in [0.1, 0.15) is 6.10 Å². The molecule has 4 N–H and O–H groups in total. The highest BCUT2D eigenvalue weighted by molar-refractivity contribution is 5.66. The van der Waals surface area contributed by atoms with Gasteiger partial charge in [0.2, 0.25) is 0 Å². The summed E-state index contributed by atoms with van der Waals surface area (Å²) in [5, 5.41) is 38.3. The van der Waals surface area contributed by atoms with Crippen LogP contribution in [0.5, 0.6) is 0 Å². The van der Waals surface area contributed by atoms with E-state index in [-0.39, 0.29) is 12.5 Å². The molecule has 5 atom stereocenters.